The monoisotopic (exact) mass is 222 g/mol. The van der Waals surface area contributed by atoms with Gasteiger partial charge >= 0.3 is 0 Å². The molecule has 80 valence electrons. The number of hydrogen-bond donors (Lipinski definition) is 1. The molecule has 1 unspecified atom stereocenters. The van der Waals surface area contributed by atoms with Gasteiger partial charge in [0.25, 0.3) is 5.92 Å². The fourth-order valence-electron chi connectivity index (χ4n) is 1.75. The maximum absolute atomic E-state index is 13.3. The Bertz CT molecular complexity index is 274. The van der Waals surface area contributed by atoms with Crippen LogP contribution in [-0.2, 0) is 0 Å². The first kappa shape index (κ1) is 11.5. The van der Waals surface area contributed by atoms with Crippen LogP contribution in [0.2, 0.25) is 0 Å². The van der Waals surface area contributed by atoms with Crippen LogP contribution in [0.1, 0.15) is 12.5 Å². The van der Waals surface area contributed by atoms with Crippen LogP contribution in [0.25, 0.3) is 0 Å². The Labute approximate surface area is 87.7 Å². The number of hydrogen-bond acceptors (Lipinski definition) is 1. The molecular formula is C9H13ClF2N2. The van der Waals surface area contributed by atoms with Crippen LogP contribution < -0.4 is 5.32 Å². The molecule has 0 amide bonds. The third kappa shape index (κ3) is 2.07. The molecule has 1 saturated heterocycles. The predicted octanol–water partition coefficient (Wildman–Crippen LogP) is 2.08. The maximum atomic E-state index is 13.3. The van der Waals surface area contributed by atoms with Crippen molar-refractivity contribution in [3.8, 4) is 0 Å². The molecule has 0 spiro atoms. The van der Waals surface area contributed by atoms with Crippen molar-refractivity contribution in [1.82, 2.24) is 9.88 Å². The van der Waals surface area contributed by atoms with Crippen molar-refractivity contribution in [2.75, 3.05) is 13.1 Å². The second-order valence-electron chi connectivity index (χ2n) is 3.37. The lowest BCUT2D eigenvalue weighted by Gasteiger charge is -2.32. The van der Waals surface area contributed by atoms with E-state index in [0.717, 1.165) is 0 Å². The van der Waals surface area contributed by atoms with E-state index in [2.05, 4.69) is 5.32 Å². The first-order chi connectivity index (χ1) is 6.20. The van der Waals surface area contributed by atoms with Gasteiger partial charge in [-0.1, -0.05) is 0 Å². The third-order valence-corrected chi connectivity index (χ3v) is 2.43. The molecule has 2 rings (SSSR count). The molecule has 2 heterocycles. The molecule has 0 aliphatic carbocycles. The van der Waals surface area contributed by atoms with E-state index in [4.69, 9.17) is 0 Å². The molecule has 1 aromatic heterocycles. The third-order valence-electron chi connectivity index (χ3n) is 2.43. The minimum Gasteiger partial charge on any atom is -0.345 e. The largest absolute Gasteiger partial charge is 0.345 e. The Kier molecular flexibility index (Phi) is 3.50. The van der Waals surface area contributed by atoms with Crippen LogP contribution in [0.4, 0.5) is 8.78 Å². The fourth-order valence-corrected chi connectivity index (χ4v) is 1.75. The lowest BCUT2D eigenvalue weighted by Crippen LogP contribution is -2.46. The molecule has 0 saturated carbocycles. The lowest BCUT2D eigenvalue weighted by atomic mass is 10.0. The molecular weight excluding hydrogens is 210 g/mol. The molecule has 1 aromatic rings. The summed E-state index contributed by atoms with van der Waals surface area (Å²) in [5.41, 5.74) is 0. The molecule has 5 heteroatoms. The van der Waals surface area contributed by atoms with Gasteiger partial charge < -0.3 is 9.88 Å². The molecule has 14 heavy (non-hydrogen) atoms. The Morgan fingerprint density at radius 3 is 2.50 bits per heavy atom. The van der Waals surface area contributed by atoms with Crippen LogP contribution in [0.3, 0.4) is 0 Å². The number of alkyl halides is 2. The molecule has 0 aromatic carbocycles. The molecule has 1 atom stereocenters. The maximum Gasteiger partial charge on any atom is 0.280 e. The summed E-state index contributed by atoms with van der Waals surface area (Å²) >= 11 is 0. The molecule has 1 aliphatic rings. The molecule has 2 nitrogen and oxygen atoms in total. The highest BCUT2D eigenvalue weighted by Gasteiger charge is 2.42. The van der Waals surface area contributed by atoms with Crippen LogP contribution >= 0.6 is 12.4 Å². The zero-order valence-corrected chi connectivity index (χ0v) is 8.44. The zero-order valence-electron chi connectivity index (χ0n) is 7.62. The average molecular weight is 223 g/mol. The number of nitrogens with one attached hydrogen (secondary N) is 1. The smallest absolute Gasteiger partial charge is 0.280 e. The highest BCUT2D eigenvalue weighted by atomic mass is 35.5. The number of piperidine rings is 1. The minimum atomic E-state index is -2.63. The van der Waals surface area contributed by atoms with Gasteiger partial charge in [-0.2, -0.15) is 0 Å². The van der Waals surface area contributed by atoms with Gasteiger partial charge in [-0.15, -0.1) is 12.4 Å². The highest BCUT2D eigenvalue weighted by Crippen LogP contribution is 2.33. The Hall–Kier alpha value is -0.610. The van der Waals surface area contributed by atoms with Gasteiger partial charge in [-0.3, -0.25) is 0 Å². The fraction of sp³-hybridized carbons (Fsp3) is 0.556. The SMILES string of the molecule is Cl.FC1(F)CNCCC1n1cccc1. The number of rotatable bonds is 1. The first-order valence-corrected chi connectivity index (χ1v) is 4.41. The average Bonchev–Trinajstić information content (AvgIpc) is 2.55. The second-order valence-corrected chi connectivity index (χ2v) is 3.37. The topological polar surface area (TPSA) is 17.0 Å². The summed E-state index contributed by atoms with van der Waals surface area (Å²) in [4.78, 5) is 0. The Balaban J connectivity index is 0.000000980. The minimum absolute atomic E-state index is 0. The number of aromatic nitrogens is 1. The van der Waals surface area contributed by atoms with E-state index in [0.29, 0.717) is 13.0 Å². The van der Waals surface area contributed by atoms with E-state index in [1.807, 2.05) is 0 Å². The van der Waals surface area contributed by atoms with Gasteiger partial charge in [0.05, 0.1) is 12.6 Å². The van der Waals surface area contributed by atoms with Crippen LogP contribution in [-0.4, -0.2) is 23.6 Å². The molecule has 1 aliphatic heterocycles. The summed E-state index contributed by atoms with van der Waals surface area (Å²) in [5.74, 6) is -2.63. The van der Waals surface area contributed by atoms with E-state index >= 15 is 0 Å². The van der Waals surface area contributed by atoms with E-state index in [1.54, 1.807) is 29.1 Å². The van der Waals surface area contributed by atoms with Gasteiger partial charge in [0.2, 0.25) is 0 Å². The molecule has 1 fully saturated rings. The Morgan fingerprint density at radius 2 is 1.93 bits per heavy atom. The van der Waals surface area contributed by atoms with E-state index < -0.39 is 12.0 Å². The van der Waals surface area contributed by atoms with Crippen molar-refractivity contribution in [2.24, 2.45) is 0 Å². The van der Waals surface area contributed by atoms with Crippen LogP contribution in [0.5, 0.6) is 0 Å². The predicted molar refractivity (Wildman–Crippen MR) is 53.2 cm³/mol. The number of nitrogens with zero attached hydrogens (tertiary/aromatic N) is 1. The summed E-state index contributed by atoms with van der Waals surface area (Å²) in [6.45, 7) is 0.453. The summed E-state index contributed by atoms with van der Waals surface area (Å²) in [6.07, 6.45) is 3.88. The Morgan fingerprint density at radius 1 is 1.29 bits per heavy atom. The van der Waals surface area contributed by atoms with Crippen molar-refractivity contribution in [3.63, 3.8) is 0 Å². The lowest BCUT2D eigenvalue weighted by molar-refractivity contribution is -0.0657. The molecule has 0 radical (unpaired) electrons. The van der Waals surface area contributed by atoms with Gasteiger partial charge in [-0.05, 0) is 25.1 Å². The van der Waals surface area contributed by atoms with Crippen LogP contribution in [0.15, 0.2) is 24.5 Å². The highest BCUT2D eigenvalue weighted by molar-refractivity contribution is 5.85. The quantitative estimate of drug-likeness (QED) is 0.770. The van der Waals surface area contributed by atoms with Gasteiger partial charge in [0.15, 0.2) is 0 Å². The van der Waals surface area contributed by atoms with Crippen molar-refractivity contribution < 1.29 is 8.78 Å². The van der Waals surface area contributed by atoms with Crippen molar-refractivity contribution in [1.29, 1.82) is 0 Å². The zero-order chi connectivity index (χ0) is 9.31. The van der Waals surface area contributed by atoms with Gasteiger partial charge in [-0.25, -0.2) is 8.78 Å². The van der Waals surface area contributed by atoms with Gasteiger partial charge in [0.1, 0.15) is 0 Å². The summed E-state index contributed by atoms with van der Waals surface area (Å²) in [7, 11) is 0. The molecule has 0 bridgehead atoms. The second kappa shape index (κ2) is 4.28. The standard InChI is InChI=1S/C9H12F2N2.ClH/c10-9(11)7-12-4-3-8(9)13-5-1-2-6-13;/h1-2,5-6,8,12H,3-4,7H2;1H. The summed E-state index contributed by atoms with van der Waals surface area (Å²) in [6, 6.07) is 2.87. The summed E-state index contributed by atoms with van der Waals surface area (Å²) < 4.78 is 28.3. The van der Waals surface area contributed by atoms with Crippen molar-refractivity contribution >= 4 is 12.4 Å². The first-order valence-electron chi connectivity index (χ1n) is 4.41. The van der Waals surface area contributed by atoms with E-state index in [1.165, 1.54) is 0 Å². The summed E-state index contributed by atoms with van der Waals surface area (Å²) in [5, 5.41) is 2.70. The normalized spacial score (nSPS) is 25.4. The van der Waals surface area contributed by atoms with Crippen molar-refractivity contribution in [2.45, 2.75) is 18.4 Å². The van der Waals surface area contributed by atoms with Crippen LogP contribution in [0, 0.1) is 0 Å². The van der Waals surface area contributed by atoms with Gasteiger partial charge in [0, 0.05) is 12.4 Å². The number of halogens is 3. The van der Waals surface area contributed by atoms with E-state index in [9.17, 15) is 8.78 Å². The van der Waals surface area contributed by atoms with Crippen molar-refractivity contribution in [3.05, 3.63) is 24.5 Å². The van der Waals surface area contributed by atoms with E-state index in [-0.39, 0.29) is 19.0 Å². The molecule has 1 N–H and O–H groups in total.